The number of nitrogens with one attached hydrogen (secondary N) is 1. The first-order valence-corrected chi connectivity index (χ1v) is 7.54. The van der Waals surface area contributed by atoms with E-state index in [1.165, 1.54) is 32.1 Å². The molecule has 1 heterocycles. The maximum absolute atomic E-state index is 4.38. The van der Waals surface area contributed by atoms with Crippen LogP contribution in [0.1, 0.15) is 52.4 Å². The van der Waals surface area contributed by atoms with Gasteiger partial charge in [0.05, 0.1) is 0 Å². The normalized spacial score (nSPS) is 24.1. The Kier molecular flexibility index (Phi) is 5.09. The fraction of sp³-hybridized carbons (Fsp3) is 0.800. The lowest BCUT2D eigenvalue weighted by Crippen LogP contribution is -2.17. The maximum atomic E-state index is 4.38. The van der Waals surface area contributed by atoms with Gasteiger partial charge in [-0.25, -0.2) is 4.98 Å². The van der Waals surface area contributed by atoms with Crippen molar-refractivity contribution in [2.75, 3.05) is 11.9 Å². The fourth-order valence-electron chi connectivity index (χ4n) is 3.11. The van der Waals surface area contributed by atoms with E-state index in [1.807, 2.05) is 6.20 Å². The van der Waals surface area contributed by atoms with Crippen LogP contribution in [0, 0.1) is 11.8 Å². The number of hydrogen-bond donors (Lipinski definition) is 1. The number of aryl methyl sites for hydroxylation is 1. The molecule has 102 valence electrons. The molecule has 1 aromatic rings. The van der Waals surface area contributed by atoms with E-state index in [9.17, 15) is 0 Å². The zero-order valence-electron chi connectivity index (χ0n) is 11.9. The largest absolute Gasteiger partial charge is 0.356 e. The standard InChI is InChI=1S/C15H27N3/c1-3-10-18-11-9-17-15(18)16-8-7-14-6-4-5-13(2)12-14/h9,11,13-14H,3-8,10,12H2,1-2H3,(H,16,17). The van der Waals surface area contributed by atoms with Crippen LogP contribution in [0.5, 0.6) is 0 Å². The van der Waals surface area contributed by atoms with Crippen molar-refractivity contribution in [3.05, 3.63) is 12.4 Å². The molecule has 1 N–H and O–H groups in total. The summed E-state index contributed by atoms with van der Waals surface area (Å²) in [6, 6.07) is 0. The summed E-state index contributed by atoms with van der Waals surface area (Å²) in [5, 5.41) is 3.49. The summed E-state index contributed by atoms with van der Waals surface area (Å²) >= 11 is 0. The Morgan fingerprint density at radius 1 is 1.44 bits per heavy atom. The summed E-state index contributed by atoms with van der Waals surface area (Å²) in [7, 11) is 0. The first kappa shape index (κ1) is 13.4. The predicted octanol–water partition coefficient (Wildman–Crippen LogP) is 3.92. The minimum absolute atomic E-state index is 0.927. The van der Waals surface area contributed by atoms with E-state index in [2.05, 4.69) is 34.9 Å². The highest BCUT2D eigenvalue weighted by molar-refractivity contribution is 5.25. The summed E-state index contributed by atoms with van der Waals surface area (Å²) in [5.74, 6) is 2.90. The molecule has 0 aliphatic heterocycles. The molecule has 1 aromatic heterocycles. The third kappa shape index (κ3) is 3.76. The molecular weight excluding hydrogens is 222 g/mol. The highest BCUT2D eigenvalue weighted by atomic mass is 15.2. The smallest absolute Gasteiger partial charge is 0.202 e. The molecule has 3 heteroatoms. The second-order valence-electron chi connectivity index (χ2n) is 5.80. The van der Waals surface area contributed by atoms with E-state index in [0.717, 1.165) is 37.3 Å². The summed E-state index contributed by atoms with van der Waals surface area (Å²) in [6.07, 6.45) is 12.1. The molecule has 2 rings (SSSR count). The average molecular weight is 249 g/mol. The highest BCUT2D eigenvalue weighted by Gasteiger charge is 2.18. The van der Waals surface area contributed by atoms with Gasteiger partial charge in [-0.2, -0.15) is 0 Å². The van der Waals surface area contributed by atoms with Crippen molar-refractivity contribution in [1.29, 1.82) is 0 Å². The van der Waals surface area contributed by atoms with Gasteiger partial charge in [-0.15, -0.1) is 0 Å². The molecular formula is C15H27N3. The van der Waals surface area contributed by atoms with Crippen LogP contribution in [0.4, 0.5) is 5.95 Å². The quantitative estimate of drug-likeness (QED) is 0.828. The molecule has 2 atom stereocenters. The van der Waals surface area contributed by atoms with Gasteiger partial charge in [0.1, 0.15) is 0 Å². The summed E-state index contributed by atoms with van der Waals surface area (Å²) in [4.78, 5) is 4.38. The van der Waals surface area contributed by atoms with Crippen molar-refractivity contribution in [3.8, 4) is 0 Å². The molecule has 0 radical (unpaired) electrons. The van der Waals surface area contributed by atoms with Gasteiger partial charge in [0.25, 0.3) is 0 Å². The van der Waals surface area contributed by atoms with Gasteiger partial charge in [0.15, 0.2) is 0 Å². The molecule has 1 fully saturated rings. The molecule has 0 aromatic carbocycles. The van der Waals surface area contributed by atoms with Crippen molar-refractivity contribution < 1.29 is 0 Å². The van der Waals surface area contributed by atoms with E-state index in [4.69, 9.17) is 0 Å². The second kappa shape index (κ2) is 6.81. The maximum Gasteiger partial charge on any atom is 0.202 e. The molecule has 18 heavy (non-hydrogen) atoms. The van der Waals surface area contributed by atoms with E-state index in [-0.39, 0.29) is 0 Å². The molecule has 1 saturated carbocycles. The number of hydrogen-bond acceptors (Lipinski definition) is 2. The van der Waals surface area contributed by atoms with Crippen molar-refractivity contribution in [3.63, 3.8) is 0 Å². The van der Waals surface area contributed by atoms with Gasteiger partial charge in [-0.05, 0) is 31.1 Å². The van der Waals surface area contributed by atoms with Crippen LogP contribution in [-0.4, -0.2) is 16.1 Å². The molecule has 0 saturated heterocycles. The van der Waals surface area contributed by atoms with E-state index >= 15 is 0 Å². The van der Waals surface area contributed by atoms with Gasteiger partial charge in [-0.1, -0.05) is 33.1 Å². The summed E-state index contributed by atoms with van der Waals surface area (Å²) in [5.41, 5.74) is 0. The molecule has 0 spiro atoms. The second-order valence-corrected chi connectivity index (χ2v) is 5.80. The van der Waals surface area contributed by atoms with E-state index < -0.39 is 0 Å². The zero-order chi connectivity index (χ0) is 12.8. The molecule has 1 aliphatic carbocycles. The first-order chi connectivity index (χ1) is 8.79. The predicted molar refractivity (Wildman–Crippen MR) is 76.7 cm³/mol. The lowest BCUT2D eigenvalue weighted by atomic mass is 9.81. The van der Waals surface area contributed by atoms with Gasteiger partial charge >= 0.3 is 0 Å². The monoisotopic (exact) mass is 249 g/mol. The van der Waals surface area contributed by atoms with Crippen LogP contribution in [0.3, 0.4) is 0 Å². The number of aromatic nitrogens is 2. The molecule has 2 unspecified atom stereocenters. The van der Waals surface area contributed by atoms with E-state index in [0.29, 0.717) is 0 Å². The van der Waals surface area contributed by atoms with Gasteiger partial charge in [0, 0.05) is 25.5 Å². The SMILES string of the molecule is CCCn1ccnc1NCCC1CCCC(C)C1. The van der Waals surface area contributed by atoms with Crippen molar-refractivity contribution in [2.24, 2.45) is 11.8 Å². The van der Waals surface area contributed by atoms with Crippen LogP contribution >= 0.6 is 0 Å². The number of anilines is 1. The number of imidazole rings is 1. The number of nitrogens with zero attached hydrogens (tertiary/aromatic N) is 2. The average Bonchev–Trinajstić information content (AvgIpc) is 2.78. The van der Waals surface area contributed by atoms with Crippen LogP contribution in [0.25, 0.3) is 0 Å². The lowest BCUT2D eigenvalue weighted by molar-refractivity contribution is 0.274. The van der Waals surface area contributed by atoms with Crippen LogP contribution < -0.4 is 5.32 Å². The summed E-state index contributed by atoms with van der Waals surface area (Å²) < 4.78 is 2.21. The van der Waals surface area contributed by atoms with E-state index in [1.54, 1.807) is 0 Å². The lowest BCUT2D eigenvalue weighted by Gasteiger charge is -2.26. The third-order valence-corrected chi connectivity index (χ3v) is 4.06. The van der Waals surface area contributed by atoms with Crippen molar-refractivity contribution >= 4 is 5.95 Å². The molecule has 0 bridgehead atoms. The Hall–Kier alpha value is -0.990. The van der Waals surface area contributed by atoms with Crippen LogP contribution in [0.15, 0.2) is 12.4 Å². The summed E-state index contributed by atoms with van der Waals surface area (Å²) in [6.45, 7) is 6.72. The van der Waals surface area contributed by atoms with Crippen molar-refractivity contribution in [1.82, 2.24) is 9.55 Å². The zero-order valence-corrected chi connectivity index (χ0v) is 11.9. The molecule has 3 nitrogen and oxygen atoms in total. The third-order valence-electron chi connectivity index (χ3n) is 4.06. The Bertz CT molecular complexity index is 345. The van der Waals surface area contributed by atoms with Crippen LogP contribution in [-0.2, 0) is 6.54 Å². The highest BCUT2D eigenvalue weighted by Crippen LogP contribution is 2.30. The Labute approximate surface area is 111 Å². The Morgan fingerprint density at radius 2 is 2.33 bits per heavy atom. The molecule has 1 aliphatic rings. The minimum Gasteiger partial charge on any atom is -0.356 e. The Balaban J connectivity index is 1.72. The first-order valence-electron chi connectivity index (χ1n) is 7.54. The Morgan fingerprint density at radius 3 is 3.11 bits per heavy atom. The van der Waals surface area contributed by atoms with Crippen LogP contribution in [0.2, 0.25) is 0 Å². The molecule has 0 amide bonds. The van der Waals surface area contributed by atoms with Gasteiger partial charge in [0.2, 0.25) is 5.95 Å². The number of rotatable bonds is 6. The van der Waals surface area contributed by atoms with Crippen molar-refractivity contribution in [2.45, 2.75) is 58.9 Å². The minimum atomic E-state index is 0.927. The topological polar surface area (TPSA) is 29.9 Å². The van der Waals surface area contributed by atoms with Gasteiger partial charge < -0.3 is 9.88 Å². The van der Waals surface area contributed by atoms with Gasteiger partial charge in [-0.3, -0.25) is 0 Å². The fourth-order valence-corrected chi connectivity index (χ4v) is 3.11.